The molecule has 0 aliphatic heterocycles. The van der Waals surface area contributed by atoms with Crippen LogP contribution in [0, 0.1) is 13.8 Å². The van der Waals surface area contributed by atoms with E-state index >= 15 is 0 Å². The van der Waals surface area contributed by atoms with Crippen LogP contribution in [0.25, 0.3) is 10.6 Å². The fraction of sp³-hybridized carbons (Fsp3) is 0.476. The van der Waals surface area contributed by atoms with Gasteiger partial charge in [-0.05, 0) is 32.9 Å². The van der Waals surface area contributed by atoms with Gasteiger partial charge in [0.2, 0.25) is 5.95 Å². The number of thiazole rings is 1. The van der Waals surface area contributed by atoms with E-state index < -0.39 is 0 Å². The maximum absolute atomic E-state index is 12.3. The van der Waals surface area contributed by atoms with Crippen LogP contribution in [-0.4, -0.2) is 52.6 Å². The molecule has 11 heteroatoms. The summed E-state index contributed by atoms with van der Waals surface area (Å²) in [7, 11) is 1.95. The van der Waals surface area contributed by atoms with Gasteiger partial charge in [0, 0.05) is 38.7 Å². The first kappa shape index (κ1) is 23.6. The first-order valence-electron chi connectivity index (χ1n) is 10.6. The Hall–Kier alpha value is -3.05. The van der Waals surface area contributed by atoms with E-state index in [2.05, 4.69) is 25.6 Å². The highest BCUT2D eigenvalue weighted by Crippen LogP contribution is 2.32. The molecule has 3 aromatic rings. The number of urea groups is 1. The molecule has 0 saturated carbocycles. The summed E-state index contributed by atoms with van der Waals surface area (Å²) in [6.45, 7) is 7.65. The molecule has 3 aromatic heterocycles. The average molecular weight is 459 g/mol. The summed E-state index contributed by atoms with van der Waals surface area (Å²) < 4.78 is 5.54. The lowest BCUT2D eigenvalue weighted by atomic mass is 10.2. The van der Waals surface area contributed by atoms with Gasteiger partial charge in [0.15, 0.2) is 11.0 Å². The largest absolute Gasteiger partial charge is 0.446 e. The Labute approximate surface area is 191 Å². The van der Waals surface area contributed by atoms with Gasteiger partial charge >= 0.3 is 6.03 Å². The topological polar surface area (TPSA) is 135 Å². The number of anilines is 2. The highest BCUT2D eigenvalue weighted by atomic mass is 32.1. The number of rotatable bonds is 10. The number of aryl methyl sites for hydroxylation is 3. The first-order chi connectivity index (χ1) is 15.4. The molecule has 0 fully saturated rings. The first-order valence-corrected chi connectivity index (χ1v) is 11.4. The van der Waals surface area contributed by atoms with Crippen molar-refractivity contribution in [1.82, 2.24) is 25.3 Å². The van der Waals surface area contributed by atoms with Crippen LogP contribution in [0.15, 0.2) is 16.7 Å². The van der Waals surface area contributed by atoms with E-state index in [1.54, 1.807) is 6.20 Å². The van der Waals surface area contributed by atoms with E-state index in [1.165, 1.54) is 11.3 Å². The molecule has 0 spiro atoms. The number of hydrogen-bond donors (Lipinski definition) is 3. The highest BCUT2D eigenvalue weighted by Gasteiger charge is 2.16. The van der Waals surface area contributed by atoms with Crippen molar-refractivity contribution in [3.63, 3.8) is 0 Å². The van der Waals surface area contributed by atoms with Crippen LogP contribution >= 0.6 is 11.3 Å². The fourth-order valence-electron chi connectivity index (χ4n) is 3.01. The third kappa shape index (κ3) is 6.24. The normalized spacial score (nSPS) is 10.9. The lowest BCUT2D eigenvalue weighted by Gasteiger charge is -2.17. The van der Waals surface area contributed by atoms with E-state index in [0.29, 0.717) is 36.5 Å². The number of amides is 2. The van der Waals surface area contributed by atoms with Gasteiger partial charge in [0.25, 0.3) is 0 Å². The van der Waals surface area contributed by atoms with Gasteiger partial charge in [0.05, 0.1) is 22.5 Å². The van der Waals surface area contributed by atoms with E-state index in [4.69, 9.17) is 15.1 Å². The number of nitrogens with zero attached hydrogens (tertiary/aromatic N) is 5. The van der Waals surface area contributed by atoms with Crippen LogP contribution in [0.1, 0.15) is 36.4 Å². The minimum absolute atomic E-state index is 0.325. The Kier molecular flexibility index (Phi) is 8.12. The van der Waals surface area contributed by atoms with Gasteiger partial charge in [-0.2, -0.15) is 0 Å². The zero-order valence-electron chi connectivity index (χ0n) is 18.9. The number of hydrogen-bond acceptors (Lipinski definition) is 9. The molecule has 0 aromatic carbocycles. The number of nitrogens with one attached hydrogen (secondary N) is 2. The second-order valence-electron chi connectivity index (χ2n) is 7.40. The molecule has 3 heterocycles. The molecule has 0 unspecified atom stereocenters. The number of oxazole rings is 1. The molecular weight excluding hydrogens is 428 g/mol. The Morgan fingerprint density at radius 3 is 2.81 bits per heavy atom. The van der Waals surface area contributed by atoms with Crippen molar-refractivity contribution in [2.24, 2.45) is 5.73 Å². The Morgan fingerprint density at radius 1 is 1.28 bits per heavy atom. The molecule has 0 aliphatic rings. The molecule has 0 aliphatic carbocycles. The zero-order valence-corrected chi connectivity index (χ0v) is 19.8. The average Bonchev–Trinajstić information content (AvgIpc) is 3.37. The molecule has 172 valence electrons. The van der Waals surface area contributed by atoms with Crippen molar-refractivity contribution in [2.75, 3.05) is 36.9 Å². The molecule has 0 saturated heterocycles. The number of carbonyl (C=O) groups is 1. The summed E-state index contributed by atoms with van der Waals surface area (Å²) in [6.07, 6.45) is 3.90. The van der Waals surface area contributed by atoms with Crippen molar-refractivity contribution < 1.29 is 9.21 Å². The van der Waals surface area contributed by atoms with Crippen LogP contribution in [-0.2, 0) is 12.8 Å². The smallest absolute Gasteiger partial charge is 0.321 e. The third-order valence-electron chi connectivity index (χ3n) is 4.71. The number of carbonyl (C=O) groups excluding carboxylic acids is 1. The van der Waals surface area contributed by atoms with E-state index in [1.807, 2.05) is 38.8 Å². The molecule has 0 bridgehead atoms. The summed E-state index contributed by atoms with van der Waals surface area (Å²) in [5, 5.41) is 6.10. The Morgan fingerprint density at radius 2 is 2.09 bits per heavy atom. The Bertz CT molecular complexity index is 1050. The zero-order chi connectivity index (χ0) is 23.1. The van der Waals surface area contributed by atoms with Crippen molar-refractivity contribution in [2.45, 2.75) is 40.0 Å². The number of nitrogens with two attached hydrogens (primary N) is 1. The summed E-state index contributed by atoms with van der Waals surface area (Å²) in [6, 6.07) is 1.60. The standard InChI is InChI=1S/C21H30N8O2S/c1-5-15-12-24-17(31-15)7-9-23-20(30)28-21-26-14(3)18(32-21)16-11-13(2)25-19(27-16)29(4)10-6-8-22/h11-12H,5-10,22H2,1-4H3,(H2,23,26,28,30). The van der Waals surface area contributed by atoms with Crippen LogP contribution < -0.4 is 21.3 Å². The van der Waals surface area contributed by atoms with E-state index in [0.717, 1.165) is 47.1 Å². The molecule has 10 nitrogen and oxygen atoms in total. The third-order valence-corrected chi connectivity index (χ3v) is 5.80. The summed E-state index contributed by atoms with van der Waals surface area (Å²) in [5.74, 6) is 2.09. The monoisotopic (exact) mass is 458 g/mol. The minimum Gasteiger partial charge on any atom is -0.446 e. The predicted molar refractivity (Wildman–Crippen MR) is 126 cm³/mol. The fourth-order valence-corrected chi connectivity index (χ4v) is 3.93. The van der Waals surface area contributed by atoms with Crippen molar-refractivity contribution in [3.8, 4) is 10.6 Å². The molecule has 2 amide bonds. The summed E-state index contributed by atoms with van der Waals surface area (Å²) in [5.41, 5.74) is 8.06. The van der Waals surface area contributed by atoms with Crippen molar-refractivity contribution >= 4 is 28.4 Å². The SMILES string of the molecule is CCc1cnc(CCNC(=O)Nc2nc(C)c(-c3cc(C)nc(N(C)CCCN)n3)s2)o1. The summed E-state index contributed by atoms with van der Waals surface area (Å²) >= 11 is 1.38. The van der Waals surface area contributed by atoms with Gasteiger partial charge in [0.1, 0.15) is 5.76 Å². The van der Waals surface area contributed by atoms with E-state index in [-0.39, 0.29) is 6.03 Å². The van der Waals surface area contributed by atoms with Gasteiger partial charge in [-0.25, -0.2) is 24.7 Å². The minimum atomic E-state index is -0.325. The molecular formula is C21H30N8O2S. The van der Waals surface area contributed by atoms with Gasteiger partial charge < -0.3 is 20.4 Å². The summed E-state index contributed by atoms with van der Waals surface area (Å²) in [4.78, 5) is 33.1. The second-order valence-corrected chi connectivity index (χ2v) is 8.40. The van der Waals surface area contributed by atoms with Crippen LogP contribution in [0.5, 0.6) is 0 Å². The van der Waals surface area contributed by atoms with Gasteiger partial charge in [-0.1, -0.05) is 18.3 Å². The predicted octanol–water partition coefficient (Wildman–Crippen LogP) is 2.92. The lowest BCUT2D eigenvalue weighted by Crippen LogP contribution is -2.30. The maximum atomic E-state index is 12.3. The second kappa shape index (κ2) is 11.0. The molecule has 3 rings (SSSR count). The van der Waals surface area contributed by atoms with Gasteiger partial charge in [-0.15, -0.1) is 0 Å². The molecule has 0 atom stereocenters. The van der Waals surface area contributed by atoms with Crippen LogP contribution in [0.3, 0.4) is 0 Å². The quantitative estimate of drug-likeness (QED) is 0.422. The number of aromatic nitrogens is 4. The van der Waals surface area contributed by atoms with Crippen LogP contribution in [0.2, 0.25) is 0 Å². The van der Waals surface area contributed by atoms with Crippen molar-refractivity contribution in [3.05, 3.63) is 35.3 Å². The molecule has 32 heavy (non-hydrogen) atoms. The maximum Gasteiger partial charge on any atom is 0.321 e. The van der Waals surface area contributed by atoms with Gasteiger partial charge in [-0.3, -0.25) is 5.32 Å². The van der Waals surface area contributed by atoms with Crippen molar-refractivity contribution in [1.29, 1.82) is 0 Å². The van der Waals surface area contributed by atoms with E-state index in [9.17, 15) is 4.79 Å². The lowest BCUT2D eigenvalue weighted by molar-refractivity contribution is 0.252. The molecule has 0 radical (unpaired) electrons. The Balaban J connectivity index is 1.62. The highest BCUT2D eigenvalue weighted by molar-refractivity contribution is 7.19. The molecule has 4 N–H and O–H groups in total. The van der Waals surface area contributed by atoms with Crippen LogP contribution in [0.4, 0.5) is 15.9 Å².